The summed E-state index contributed by atoms with van der Waals surface area (Å²) in [6, 6.07) is 1.27. The Bertz CT molecular complexity index is 377. The predicted molar refractivity (Wildman–Crippen MR) is 49.8 cm³/mol. The van der Waals surface area contributed by atoms with Crippen molar-refractivity contribution >= 4 is 17.7 Å². The Morgan fingerprint density at radius 1 is 1.79 bits per heavy atom. The molecule has 14 heavy (non-hydrogen) atoms. The zero-order valence-electron chi connectivity index (χ0n) is 7.52. The molecule has 5 nitrogen and oxygen atoms in total. The van der Waals surface area contributed by atoms with Gasteiger partial charge in [0.25, 0.3) is 5.56 Å². The molecule has 0 aromatic carbocycles. The first-order valence-electron chi connectivity index (χ1n) is 4.06. The lowest BCUT2D eigenvalue weighted by Crippen LogP contribution is -2.33. The number of hydrogen-bond acceptors (Lipinski definition) is 5. The van der Waals surface area contributed by atoms with Crippen molar-refractivity contribution in [1.82, 2.24) is 9.97 Å². The largest absolute Gasteiger partial charge is 0.549 e. The van der Waals surface area contributed by atoms with Gasteiger partial charge in [0.15, 0.2) is 5.16 Å². The number of carbonyl (C=O) groups is 1. The van der Waals surface area contributed by atoms with E-state index in [1.165, 1.54) is 12.3 Å². The van der Waals surface area contributed by atoms with Crippen LogP contribution in [-0.2, 0) is 4.79 Å². The van der Waals surface area contributed by atoms with Gasteiger partial charge in [0.2, 0.25) is 0 Å². The molecule has 0 amide bonds. The first kappa shape index (κ1) is 10.8. The third-order valence-electron chi connectivity index (χ3n) is 1.54. The molecule has 1 N–H and O–H groups in total. The maximum Gasteiger partial charge on any atom is 0.251 e. The zero-order chi connectivity index (χ0) is 10.6. The molecule has 1 atom stereocenters. The summed E-state index contributed by atoms with van der Waals surface area (Å²) in [5.74, 6) is -1.15. The third kappa shape index (κ3) is 2.88. The number of H-pyrrole nitrogens is 1. The minimum Gasteiger partial charge on any atom is -0.549 e. The predicted octanol–water partition coefficient (Wildman–Crippen LogP) is -0.610. The smallest absolute Gasteiger partial charge is 0.251 e. The van der Waals surface area contributed by atoms with Crippen LogP contribution in [0.25, 0.3) is 0 Å². The Kier molecular flexibility index (Phi) is 3.70. The third-order valence-corrected chi connectivity index (χ3v) is 2.78. The van der Waals surface area contributed by atoms with Gasteiger partial charge >= 0.3 is 0 Å². The number of hydrogen-bond donors (Lipinski definition) is 1. The summed E-state index contributed by atoms with van der Waals surface area (Å²) in [4.78, 5) is 27.7. The molecular weight excluding hydrogens is 204 g/mol. The van der Waals surface area contributed by atoms with E-state index >= 15 is 0 Å². The van der Waals surface area contributed by atoms with E-state index in [2.05, 4.69) is 9.97 Å². The second-order valence-electron chi connectivity index (χ2n) is 2.57. The average molecular weight is 213 g/mol. The number of aromatic amines is 1. The Balaban J connectivity index is 2.77. The Morgan fingerprint density at radius 2 is 2.50 bits per heavy atom. The molecule has 76 valence electrons. The molecule has 1 aromatic heterocycles. The van der Waals surface area contributed by atoms with Crippen molar-refractivity contribution in [2.24, 2.45) is 0 Å². The molecule has 0 bridgehead atoms. The van der Waals surface area contributed by atoms with Gasteiger partial charge in [0.1, 0.15) is 0 Å². The molecule has 0 aliphatic heterocycles. The summed E-state index contributed by atoms with van der Waals surface area (Å²) >= 11 is 0.982. The standard InChI is InChI=1S/C8H10N2O3S/c1-2-5(7(12)13)14-8-9-4-3-6(11)10-8/h3-5H,2H2,1H3,(H,12,13)(H,9,10,11)/p-1. The van der Waals surface area contributed by atoms with Crippen molar-refractivity contribution in [3.8, 4) is 0 Å². The molecule has 0 saturated heterocycles. The Labute approximate surface area is 84.6 Å². The van der Waals surface area contributed by atoms with Crippen LogP contribution in [0.2, 0.25) is 0 Å². The highest BCUT2D eigenvalue weighted by Crippen LogP contribution is 2.19. The molecule has 0 saturated carbocycles. The lowest BCUT2D eigenvalue weighted by Gasteiger charge is -2.13. The van der Waals surface area contributed by atoms with E-state index in [1.807, 2.05) is 0 Å². The molecule has 1 rings (SSSR count). The van der Waals surface area contributed by atoms with Crippen LogP contribution < -0.4 is 10.7 Å². The van der Waals surface area contributed by atoms with Crippen LogP contribution in [0.15, 0.2) is 22.2 Å². The van der Waals surface area contributed by atoms with E-state index in [0.29, 0.717) is 11.6 Å². The number of carboxylic acid groups (broad SMARTS) is 1. The monoisotopic (exact) mass is 213 g/mol. The van der Waals surface area contributed by atoms with Gasteiger partial charge in [-0.05, 0) is 6.42 Å². The van der Waals surface area contributed by atoms with E-state index < -0.39 is 11.2 Å². The van der Waals surface area contributed by atoms with Crippen molar-refractivity contribution < 1.29 is 9.90 Å². The van der Waals surface area contributed by atoms with Crippen LogP contribution in [0.3, 0.4) is 0 Å². The number of aromatic nitrogens is 2. The summed E-state index contributed by atoms with van der Waals surface area (Å²) in [7, 11) is 0. The highest BCUT2D eigenvalue weighted by molar-refractivity contribution is 8.00. The normalized spacial score (nSPS) is 12.4. The molecule has 0 aliphatic carbocycles. The second kappa shape index (κ2) is 4.80. The van der Waals surface area contributed by atoms with Crippen molar-refractivity contribution in [3.63, 3.8) is 0 Å². The number of aliphatic carboxylic acids is 1. The van der Waals surface area contributed by atoms with Crippen molar-refractivity contribution in [2.45, 2.75) is 23.8 Å². The van der Waals surface area contributed by atoms with Gasteiger partial charge in [-0.15, -0.1) is 0 Å². The number of thioether (sulfide) groups is 1. The maximum absolute atomic E-state index is 10.9. The average Bonchev–Trinajstić information content (AvgIpc) is 2.14. The van der Waals surface area contributed by atoms with Gasteiger partial charge in [-0.1, -0.05) is 18.7 Å². The lowest BCUT2D eigenvalue weighted by atomic mass is 10.3. The molecule has 1 unspecified atom stereocenters. The van der Waals surface area contributed by atoms with Gasteiger partial charge in [0, 0.05) is 12.3 Å². The summed E-state index contributed by atoms with van der Waals surface area (Å²) < 4.78 is 0. The fourth-order valence-corrected chi connectivity index (χ4v) is 1.66. The van der Waals surface area contributed by atoms with E-state index in [4.69, 9.17) is 0 Å². The SMILES string of the molecule is CCC(Sc1nccc(=O)[nH]1)C(=O)[O-]. The molecule has 0 fully saturated rings. The second-order valence-corrected chi connectivity index (χ2v) is 3.76. The highest BCUT2D eigenvalue weighted by Gasteiger charge is 2.10. The quantitative estimate of drug-likeness (QED) is 0.532. The maximum atomic E-state index is 10.9. The van der Waals surface area contributed by atoms with Crippen molar-refractivity contribution in [1.29, 1.82) is 0 Å². The van der Waals surface area contributed by atoms with E-state index in [1.54, 1.807) is 6.92 Å². The lowest BCUT2D eigenvalue weighted by molar-refractivity contribution is -0.304. The summed E-state index contributed by atoms with van der Waals surface area (Å²) in [5.41, 5.74) is -0.296. The van der Waals surface area contributed by atoms with Gasteiger partial charge < -0.3 is 14.9 Å². The Morgan fingerprint density at radius 3 is 3.00 bits per heavy atom. The van der Waals surface area contributed by atoms with E-state index in [9.17, 15) is 14.7 Å². The van der Waals surface area contributed by atoms with E-state index in [-0.39, 0.29) is 5.56 Å². The molecule has 1 heterocycles. The molecule has 1 aromatic rings. The number of rotatable bonds is 4. The summed E-state index contributed by atoms with van der Waals surface area (Å²) in [6.07, 6.45) is 1.76. The zero-order valence-corrected chi connectivity index (χ0v) is 8.34. The minimum atomic E-state index is -1.15. The minimum absolute atomic E-state index is 0.296. The summed E-state index contributed by atoms with van der Waals surface area (Å²) in [6.45, 7) is 1.73. The Hall–Kier alpha value is -1.30. The van der Waals surface area contributed by atoms with Crippen molar-refractivity contribution in [2.75, 3.05) is 0 Å². The number of nitrogens with zero attached hydrogens (tertiary/aromatic N) is 1. The van der Waals surface area contributed by atoms with Crippen LogP contribution in [0, 0.1) is 0 Å². The van der Waals surface area contributed by atoms with Gasteiger partial charge in [-0.3, -0.25) is 4.79 Å². The van der Waals surface area contributed by atoms with Crippen LogP contribution in [0.5, 0.6) is 0 Å². The molecule has 0 spiro atoms. The van der Waals surface area contributed by atoms with Gasteiger partial charge in [-0.25, -0.2) is 4.98 Å². The van der Waals surface area contributed by atoms with Crippen LogP contribution in [0.4, 0.5) is 0 Å². The molecule has 6 heteroatoms. The fraction of sp³-hybridized carbons (Fsp3) is 0.375. The molecule has 0 radical (unpaired) electrons. The number of nitrogens with one attached hydrogen (secondary N) is 1. The van der Waals surface area contributed by atoms with Crippen LogP contribution in [0.1, 0.15) is 13.3 Å². The number of carbonyl (C=O) groups excluding carboxylic acids is 1. The van der Waals surface area contributed by atoms with Crippen molar-refractivity contribution in [3.05, 3.63) is 22.6 Å². The van der Waals surface area contributed by atoms with Crippen LogP contribution >= 0.6 is 11.8 Å². The fourth-order valence-electron chi connectivity index (χ4n) is 0.845. The first-order valence-corrected chi connectivity index (χ1v) is 4.94. The molecular formula is C8H9N2O3S-. The first-order chi connectivity index (χ1) is 6.63. The van der Waals surface area contributed by atoms with Gasteiger partial charge in [0.05, 0.1) is 11.2 Å². The number of carboxylic acids is 1. The van der Waals surface area contributed by atoms with Crippen LogP contribution in [-0.4, -0.2) is 21.2 Å². The summed E-state index contributed by atoms with van der Waals surface area (Å²) in [5, 5.41) is 10.2. The van der Waals surface area contributed by atoms with E-state index in [0.717, 1.165) is 11.8 Å². The van der Waals surface area contributed by atoms with Gasteiger partial charge in [-0.2, -0.15) is 0 Å². The molecule has 0 aliphatic rings. The highest BCUT2D eigenvalue weighted by atomic mass is 32.2. The topological polar surface area (TPSA) is 85.9 Å².